The van der Waals surface area contributed by atoms with E-state index in [0.717, 1.165) is 39.5 Å². The summed E-state index contributed by atoms with van der Waals surface area (Å²) in [6, 6.07) is 16.0. The highest BCUT2D eigenvalue weighted by Crippen LogP contribution is 2.17. The Morgan fingerprint density at radius 2 is 1.66 bits per heavy atom. The van der Waals surface area contributed by atoms with Gasteiger partial charge in [-0.15, -0.1) is 0 Å². The lowest BCUT2D eigenvalue weighted by molar-refractivity contribution is 0.685. The topological polar surface area (TPSA) is 105 Å². The van der Waals surface area contributed by atoms with Crippen molar-refractivity contribution in [2.45, 2.75) is 34.2 Å². The van der Waals surface area contributed by atoms with Gasteiger partial charge in [-0.25, -0.2) is 19.6 Å². The summed E-state index contributed by atoms with van der Waals surface area (Å²) in [7, 11) is 0. The first kappa shape index (κ1) is 24.0. The van der Waals surface area contributed by atoms with Crippen LogP contribution >= 0.6 is 12.2 Å². The van der Waals surface area contributed by atoms with Crippen LogP contribution in [0.5, 0.6) is 0 Å². The minimum atomic E-state index is 0.306. The molecule has 2 heterocycles. The molecular weight excluding hydrogens is 458 g/mol. The van der Waals surface area contributed by atoms with Crippen LogP contribution in [-0.4, -0.2) is 35.8 Å². The number of thiocarbonyl (C=S) groups is 1. The Labute approximate surface area is 209 Å². The first-order chi connectivity index (χ1) is 16.8. The predicted octanol–water partition coefficient (Wildman–Crippen LogP) is 4.63. The second kappa shape index (κ2) is 10.8. The Morgan fingerprint density at radius 1 is 0.914 bits per heavy atom. The summed E-state index contributed by atoms with van der Waals surface area (Å²) in [5.74, 6) is 0.841. The number of aliphatic imine (C=N–C) groups is 1. The molecule has 3 N–H and O–H groups in total. The number of guanidine groups is 1. The molecule has 35 heavy (non-hydrogen) atoms. The monoisotopic (exact) mass is 485 g/mol. The van der Waals surface area contributed by atoms with Crippen molar-refractivity contribution in [2.24, 2.45) is 4.99 Å². The molecule has 4 aromatic rings. The third-order valence-corrected chi connectivity index (χ3v) is 5.28. The third kappa shape index (κ3) is 6.90. The zero-order chi connectivity index (χ0) is 24.8. The highest BCUT2D eigenvalue weighted by molar-refractivity contribution is 7.80. The number of rotatable bonds is 5. The van der Waals surface area contributed by atoms with Gasteiger partial charge in [0.05, 0.1) is 6.54 Å². The first-order valence-corrected chi connectivity index (χ1v) is 11.5. The Morgan fingerprint density at radius 3 is 2.34 bits per heavy atom. The molecule has 9 nitrogen and oxygen atoms in total. The summed E-state index contributed by atoms with van der Waals surface area (Å²) < 4.78 is 1.77. The average Bonchev–Trinajstić information content (AvgIpc) is 3.30. The van der Waals surface area contributed by atoms with Crippen LogP contribution in [0, 0.1) is 27.7 Å². The van der Waals surface area contributed by atoms with Gasteiger partial charge in [0.25, 0.3) is 0 Å². The summed E-state index contributed by atoms with van der Waals surface area (Å²) >= 11 is 5.55. The van der Waals surface area contributed by atoms with E-state index in [1.807, 2.05) is 70.2 Å². The third-order valence-electron chi connectivity index (χ3n) is 5.09. The van der Waals surface area contributed by atoms with Gasteiger partial charge in [-0.05, 0) is 80.9 Å². The summed E-state index contributed by atoms with van der Waals surface area (Å²) in [5.41, 5.74) is 6.76. The molecule has 0 fully saturated rings. The van der Waals surface area contributed by atoms with Gasteiger partial charge >= 0.3 is 0 Å². The number of nitrogens with one attached hydrogen (secondary N) is 3. The van der Waals surface area contributed by atoms with Crippen molar-refractivity contribution in [1.29, 1.82) is 0 Å². The average molecular weight is 486 g/mol. The van der Waals surface area contributed by atoms with E-state index in [1.165, 1.54) is 6.33 Å². The lowest BCUT2D eigenvalue weighted by Gasteiger charge is -2.14. The van der Waals surface area contributed by atoms with Crippen LogP contribution in [0.15, 0.2) is 66.2 Å². The number of hydrogen-bond donors (Lipinski definition) is 3. The summed E-state index contributed by atoms with van der Waals surface area (Å²) in [6.07, 6.45) is 3.21. The molecule has 0 aliphatic rings. The van der Waals surface area contributed by atoms with Gasteiger partial charge < -0.3 is 10.6 Å². The fourth-order valence-electron chi connectivity index (χ4n) is 3.42. The first-order valence-electron chi connectivity index (χ1n) is 11.1. The number of aryl methyl sites for hydroxylation is 4. The molecule has 0 spiro atoms. The van der Waals surface area contributed by atoms with Gasteiger partial charge in [-0.2, -0.15) is 10.1 Å². The summed E-state index contributed by atoms with van der Waals surface area (Å²) in [4.78, 5) is 17.5. The molecule has 10 heteroatoms. The van der Waals surface area contributed by atoms with Crippen LogP contribution < -0.4 is 16.0 Å². The molecule has 2 aromatic heterocycles. The maximum absolute atomic E-state index is 5.55. The molecule has 0 amide bonds. The van der Waals surface area contributed by atoms with Crippen molar-refractivity contribution >= 4 is 40.6 Å². The molecule has 0 bridgehead atoms. The van der Waals surface area contributed by atoms with E-state index in [9.17, 15) is 0 Å². The van der Waals surface area contributed by atoms with Crippen LogP contribution in [0.25, 0.3) is 0 Å². The van der Waals surface area contributed by atoms with Gasteiger partial charge in [0.2, 0.25) is 17.0 Å². The van der Waals surface area contributed by atoms with E-state index in [4.69, 9.17) is 12.2 Å². The number of hydrogen-bond acceptors (Lipinski definition) is 5. The molecule has 0 atom stereocenters. The van der Waals surface area contributed by atoms with Crippen LogP contribution in [-0.2, 0) is 6.54 Å². The smallest absolute Gasteiger partial charge is 0.229 e. The highest BCUT2D eigenvalue weighted by atomic mass is 32.1. The van der Waals surface area contributed by atoms with Gasteiger partial charge in [0.1, 0.15) is 12.7 Å². The molecule has 0 aliphatic carbocycles. The largest absolute Gasteiger partial charge is 0.331 e. The summed E-state index contributed by atoms with van der Waals surface area (Å²) in [5, 5.41) is 14.1. The van der Waals surface area contributed by atoms with Crippen molar-refractivity contribution < 1.29 is 0 Å². The lowest BCUT2D eigenvalue weighted by Crippen LogP contribution is -2.26. The molecule has 0 radical (unpaired) electrons. The lowest BCUT2D eigenvalue weighted by atomic mass is 10.1. The van der Waals surface area contributed by atoms with E-state index in [1.54, 1.807) is 11.0 Å². The van der Waals surface area contributed by atoms with Crippen molar-refractivity contribution in [3.63, 3.8) is 0 Å². The van der Waals surface area contributed by atoms with Gasteiger partial charge in [0.15, 0.2) is 0 Å². The number of anilines is 3. The van der Waals surface area contributed by atoms with Gasteiger partial charge in [-0.3, -0.25) is 5.32 Å². The van der Waals surface area contributed by atoms with E-state index in [0.29, 0.717) is 23.6 Å². The normalized spacial score (nSPS) is 11.3. The van der Waals surface area contributed by atoms with Crippen molar-refractivity contribution in [3.8, 4) is 0 Å². The van der Waals surface area contributed by atoms with Crippen LogP contribution in [0.2, 0.25) is 0 Å². The van der Waals surface area contributed by atoms with Crippen molar-refractivity contribution in [2.75, 3.05) is 16.0 Å². The SMILES string of the molecule is Cc1ccc(C)c(NC(=S)/N=C(\Nc2ccc(Cn3cncn3)cc2)Nc2nc(C)cc(C)n2)c1. The van der Waals surface area contributed by atoms with Crippen molar-refractivity contribution in [3.05, 3.63) is 89.3 Å². The standard InChI is InChI=1S/C25H27N9S/c1-16-5-6-17(2)22(11-16)31-25(35)33-24(32-23-28-18(3)12-19(4)29-23)30-21-9-7-20(8-10-21)13-34-15-26-14-27-34/h5-12,14-15H,13H2,1-4H3,(H3,28,29,30,31,32,33,35). The molecule has 0 saturated carbocycles. The minimum Gasteiger partial charge on any atom is -0.331 e. The van der Waals surface area contributed by atoms with Crippen molar-refractivity contribution in [1.82, 2.24) is 24.7 Å². The second-order valence-corrected chi connectivity index (χ2v) is 8.61. The number of benzene rings is 2. The van der Waals surface area contributed by atoms with Gasteiger partial charge in [0, 0.05) is 22.8 Å². The number of nitrogens with zero attached hydrogens (tertiary/aromatic N) is 6. The molecule has 4 rings (SSSR count). The molecular formula is C25H27N9S. The van der Waals surface area contributed by atoms with Crippen LogP contribution in [0.3, 0.4) is 0 Å². The molecule has 178 valence electrons. The maximum atomic E-state index is 5.55. The Balaban J connectivity index is 1.55. The van der Waals surface area contributed by atoms with Gasteiger partial charge in [-0.1, -0.05) is 24.3 Å². The Hall–Kier alpha value is -4.18. The number of aromatic nitrogens is 5. The van der Waals surface area contributed by atoms with Crippen LogP contribution in [0.4, 0.5) is 17.3 Å². The molecule has 0 aliphatic heterocycles. The fraction of sp³-hybridized carbons (Fsp3) is 0.200. The second-order valence-electron chi connectivity index (χ2n) is 8.22. The molecule has 0 saturated heterocycles. The minimum absolute atomic E-state index is 0.306. The summed E-state index contributed by atoms with van der Waals surface area (Å²) in [6.45, 7) is 8.54. The van der Waals surface area contributed by atoms with E-state index >= 15 is 0 Å². The molecule has 2 aromatic carbocycles. The van der Waals surface area contributed by atoms with Crippen LogP contribution in [0.1, 0.15) is 28.1 Å². The maximum Gasteiger partial charge on any atom is 0.229 e. The van der Waals surface area contributed by atoms with E-state index < -0.39 is 0 Å². The Bertz CT molecular complexity index is 1330. The Kier molecular flexibility index (Phi) is 7.41. The zero-order valence-electron chi connectivity index (χ0n) is 20.1. The fourth-order valence-corrected chi connectivity index (χ4v) is 3.62. The zero-order valence-corrected chi connectivity index (χ0v) is 20.9. The van der Waals surface area contributed by atoms with E-state index in [-0.39, 0.29) is 0 Å². The quantitative estimate of drug-likeness (QED) is 0.214. The van der Waals surface area contributed by atoms with E-state index in [2.05, 4.69) is 47.1 Å². The predicted molar refractivity (Wildman–Crippen MR) is 144 cm³/mol. The molecule has 0 unspecified atom stereocenters. The highest BCUT2D eigenvalue weighted by Gasteiger charge is 2.09.